The van der Waals surface area contributed by atoms with Gasteiger partial charge in [0, 0.05) is 36.3 Å². The van der Waals surface area contributed by atoms with Crippen LogP contribution in [0.4, 0.5) is 0 Å². The van der Waals surface area contributed by atoms with E-state index in [-0.39, 0.29) is 17.9 Å². The summed E-state index contributed by atoms with van der Waals surface area (Å²) in [4.78, 5) is 26.7. The maximum Gasteiger partial charge on any atom is 0.147 e. The molecule has 2 heterocycles. The van der Waals surface area contributed by atoms with Crippen molar-refractivity contribution in [1.29, 1.82) is 0 Å². The van der Waals surface area contributed by atoms with Gasteiger partial charge in [0.05, 0.1) is 12.1 Å². The molecule has 2 saturated heterocycles. The van der Waals surface area contributed by atoms with E-state index in [0.717, 1.165) is 42.6 Å². The molecule has 0 N–H and O–H groups in total. The van der Waals surface area contributed by atoms with Crippen molar-refractivity contribution in [2.75, 3.05) is 36.3 Å². The van der Waals surface area contributed by atoms with Crippen molar-refractivity contribution in [3.63, 3.8) is 0 Å². The second kappa shape index (κ2) is 6.22. The third kappa shape index (κ3) is 3.24. The number of carbonyl (C=O) groups is 2. The van der Waals surface area contributed by atoms with E-state index >= 15 is 0 Å². The Morgan fingerprint density at radius 2 is 1.88 bits per heavy atom. The van der Waals surface area contributed by atoms with Crippen LogP contribution in [0.3, 0.4) is 0 Å². The SMILES string of the molecule is CC(=O)C1CSCN1CCN1CSCC1C=O. The van der Waals surface area contributed by atoms with E-state index < -0.39 is 0 Å². The van der Waals surface area contributed by atoms with Gasteiger partial charge in [-0.25, -0.2) is 0 Å². The molecule has 2 aliphatic rings. The topological polar surface area (TPSA) is 40.6 Å². The van der Waals surface area contributed by atoms with Crippen LogP contribution in [0.1, 0.15) is 6.92 Å². The Morgan fingerprint density at radius 3 is 2.59 bits per heavy atom. The third-order valence-electron chi connectivity index (χ3n) is 3.29. The number of ketones is 1. The molecular weight excluding hydrogens is 256 g/mol. The molecule has 0 spiro atoms. The van der Waals surface area contributed by atoms with Gasteiger partial charge in [0.25, 0.3) is 0 Å². The molecule has 6 heteroatoms. The molecule has 0 aromatic heterocycles. The molecular formula is C11H18N2O2S2. The zero-order chi connectivity index (χ0) is 12.3. The molecule has 2 rings (SSSR count). The standard InChI is InChI=1S/C11H18N2O2S2/c1-9(15)11-6-17-8-13(11)3-2-12-7-16-5-10(12)4-14/h4,10-11H,2-3,5-8H2,1H3. The lowest BCUT2D eigenvalue weighted by Crippen LogP contribution is -2.43. The van der Waals surface area contributed by atoms with Gasteiger partial charge in [-0.05, 0) is 6.92 Å². The Labute approximate surface area is 110 Å². The summed E-state index contributed by atoms with van der Waals surface area (Å²) in [5.41, 5.74) is 0. The Kier molecular flexibility index (Phi) is 4.90. The van der Waals surface area contributed by atoms with Gasteiger partial charge >= 0.3 is 0 Å². The Bertz CT molecular complexity index is 301. The molecule has 0 aliphatic carbocycles. The number of rotatable bonds is 5. The highest BCUT2D eigenvalue weighted by molar-refractivity contribution is 7.99. The van der Waals surface area contributed by atoms with Crippen molar-refractivity contribution in [2.24, 2.45) is 0 Å². The lowest BCUT2D eigenvalue weighted by molar-refractivity contribution is -0.121. The molecule has 4 nitrogen and oxygen atoms in total. The molecule has 0 aromatic rings. The molecule has 2 aliphatic heterocycles. The van der Waals surface area contributed by atoms with E-state index in [1.54, 1.807) is 6.92 Å². The number of nitrogens with zero attached hydrogens (tertiary/aromatic N) is 2. The average Bonchev–Trinajstić information content (AvgIpc) is 2.94. The fourth-order valence-corrected chi connectivity index (χ4v) is 4.69. The zero-order valence-electron chi connectivity index (χ0n) is 10.0. The first-order chi connectivity index (χ1) is 8.22. The van der Waals surface area contributed by atoms with Crippen molar-refractivity contribution in [2.45, 2.75) is 19.0 Å². The number of thioether (sulfide) groups is 2. The van der Waals surface area contributed by atoms with Crippen molar-refractivity contribution in [1.82, 2.24) is 9.80 Å². The van der Waals surface area contributed by atoms with Gasteiger partial charge in [-0.3, -0.25) is 14.6 Å². The molecule has 0 aromatic carbocycles. The molecule has 17 heavy (non-hydrogen) atoms. The van der Waals surface area contributed by atoms with E-state index in [1.165, 1.54) is 0 Å². The lowest BCUT2D eigenvalue weighted by atomic mass is 10.2. The van der Waals surface area contributed by atoms with Gasteiger partial charge in [0.1, 0.15) is 12.1 Å². The number of hydrogen-bond donors (Lipinski definition) is 0. The van der Waals surface area contributed by atoms with Gasteiger partial charge in [0.2, 0.25) is 0 Å². The Hall–Kier alpha value is -0.0400. The molecule has 0 bridgehead atoms. The van der Waals surface area contributed by atoms with Crippen LogP contribution >= 0.6 is 23.5 Å². The van der Waals surface area contributed by atoms with E-state index in [0.29, 0.717) is 0 Å². The summed E-state index contributed by atoms with van der Waals surface area (Å²) in [6, 6.07) is 0.163. The zero-order valence-corrected chi connectivity index (χ0v) is 11.6. The lowest BCUT2D eigenvalue weighted by Gasteiger charge is -2.25. The fraction of sp³-hybridized carbons (Fsp3) is 0.818. The minimum atomic E-state index is 0.0750. The third-order valence-corrected chi connectivity index (χ3v) is 5.45. The van der Waals surface area contributed by atoms with E-state index in [9.17, 15) is 9.59 Å². The minimum absolute atomic E-state index is 0.0750. The van der Waals surface area contributed by atoms with Crippen LogP contribution in [0.2, 0.25) is 0 Å². The van der Waals surface area contributed by atoms with Crippen LogP contribution < -0.4 is 0 Å². The van der Waals surface area contributed by atoms with Crippen molar-refractivity contribution >= 4 is 35.6 Å². The summed E-state index contributed by atoms with van der Waals surface area (Å²) in [5, 5.41) is 0. The number of Topliss-reactive ketones (excluding diaryl/α,β-unsaturated/α-hetero) is 1. The first-order valence-electron chi connectivity index (χ1n) is 5.81. The van der Waals surface area contributed by atoms with E-state index in [1.807, 2.05) is 23.5 Å². The van der Waals surface area contributed by atoms with Crippen LogP contribution in [-0.4, -0.2) is 70.3 Å². The molecule has 0 saturated carbocycles. The van der Waals surface area contributed by atoms with Crippen LogP contribution in [0.25, 0.3) is 0 Å². The van der Waals surface area contributed by atoms with Gasteiger partial charge in [-0.2, -0.15) is 0 Å². The second-order valence-electron chi connectivity index (χ2n) is 4.45. The summed E-state index contributed by atoms with van der Waals surface area (Å²) in [6.07, 6.45) is 1.04. The summed E-state index contributed by atoms with van der Waals surface area (Å²) in [5.74, 6) is 3.97. The molecule has 0 amide bonds. The molecule has 96 valence electrons. The van der Waals surface area contributed by atoms with Gasteiger partial charge in [0.15, 0.2) is 0 Å². The van der Waals surface area contributed by atoms with Gasteiger partial charge in [-0.15, -0.1) is 23.5 Å². The maximum atomic E-state index is 11.4. The van der Waals surface area contributed by atoms with Crippen molar-refractivity contribution in [3.8, 4) is 0 Å². The van der Waals surface area contributed by atoms with Gasteiger partial charge in [-0.1, -0.05) is 0 Å². The first kappa shape index (κ1) is 13.4. The molecule has 2 fully saturated rings. The van der Waals surface area contributed by atoms with Crippen LogP contribution in [-0.2, 0) is 9.59 Å². The largest absolute Gasteiger partial charge is 0.302 e. The average molecular weight is 274 g/mol. The minimum Gasteiger partial charge on any atom is -0.302 e. The number of carbonyl (C=O) groups excluding carboxylic acids is 2. The van der Waals surface area contributed by atoms with Crippen molar-refractivity contribution < 1.29 is 9.59 Å². The van der Waals surface area contributed by atoms with E-state index in [2.05, 4.69) is 9.80 Å². The fourth-order valence-electron chi connectivity index (χ4n) is 2.18. The molecule has 0 radical (unpaired) electrons. The normalized spacial score (nSPS) is 30.9. The summed E-state index contributed by atoms with van der Waals surface area (Å²) < 4.78 is 0. The summed E-state index contributed by atoms with van der Waals surface area (Å²) in [6.45, 7) is 3.45. The van der Waals surface area contributed by atoms with Crippen LogP contribution in [0.15, 0.2) is 0 Å². The quantitative estimate of drug-likeness (QED) is 0.681. The van der Waals surface area contributed by atoms with Crippen molar-refractivity contribution in [3.05, 3.63) is 0 Å². The highest BCUT2D eigenvalue weighted by Crippen LogP contribution is 2.23. The van der Waals surface area contributed by atoms with Crippen LogP contribution in [0, 0.1) is 0 Å². The number of hydrogen-bond acceptors (Lipinski definition) is 6. The highest BCUT2D eigenvalue weighted by atomic mass is 32.2. The van der Waals surface area contributed by atoms with E-state index in [4.69, 9.17) is 0 Å². The molecule has 2 unspecified atom stereocenters. The highest BCUT2D eigenvalue weighted by Gasteiger charge is 2.30. The van der Waals surface area contributed by atoms with Crippen LogP contribution in [0.5, 0.6) is 0 Å². The second-order valence-corrected chi connectivity index (χ2v) is 6.45. The monoisotopic (exact) mass is 274 g/mol. The first-order valence-corrected chi connectivity index (χ1v) is 8.12. The maximum absolute atomic E-state index is 11.4. The summed E-state index contributed by atoms with van der Waals surface area (Å²) in [7, 11) is 0. The molecule has 2 atom stereocenters. The summed E-state index contributed by atoms with van der Waals surface area (Å²) >= 11 is 3.63. The Morgan fingerprint density at radius 1 is 1.24 bits per heavy atom. The van der Waals surface area contributed by atoms with Gasteiger partial charge < -0.3 is 4.79 Å². The predicted octanol–water partition coefficient (Wildman–Crippen LogP) is 0.524. The predicted molar refractivity (Wildman–Crippen MR) is 72.4 cm³/mol. The smallest absolute Gasteiger partial charge is 0.147 e. The Balaban J connectivity index is 1.81. The number of aldehydes is 1.